The molecule has 1 aromatic rings. The molecule has 1 N–H and O–H groups in total. The van der Waals surface area contributed by atoms with E-state index in [4.69, 9.17) is 16.2 Å². The predicted molar refractivity (Wildman–Crippen MR) is 55.1 cm³/mol. The molecule has 0 fully saturated rings. The van der Waals surface area contributed by atoms with Crippen molar-refractivity contribution in [3.05, 3.63) is 33.3 Å². The van der Waals surface area contributed by atoms with Crippen molar-refractivity contribution in [2.45, 2.75) is 4.90 Å². The molecule has 0 amide bonds. The number of halogens is 1. The van der Waals surface area contributed by atoms with Crippen LogP contribution in [0.5, 0.6) is 0 Å². The second kappa shape index (κ2) is 5.24. The summed E-state index contributed by atoms with van der Waals surface area (Å²) in [5.74, 6) is 0. The third kappa shape index (κ3) is 3.71. The fourth-order valence-electron chi connectivity index (χ4n) is 0.803. The summed E-state index contributed by atoms with van der Waals surface area (Å²) in [6.45, 7) is 0. The van der Waals surface area contributed by atoms with Gasteiger partial charge in [0.25, 0.3) is 15.8 Å². The minimum atomic E-state index is -4.53. The van der Waals surface area contributed by atoms with Gasteiger partial charge < -0.3 is 0 Å². The molecule has 1 rings (SSSR count). The molecule has 0 aliphatic heterocycles. The summed E-state index contributed by atoms with van der Waals surface area (Å²) in [7, 11) is -4.53. The fraction of sp³-hybridized carbons (Fsp3) is 0. The quantitative estimate of drug-likeness (QED) is 0.368. The molecule has 9 heteroatoms. The molecule has 0 saturated heterocycles. The van der Waals surface area contributed by atoms with Crippen LogP contribution in [-0.2, 0) is 10.1 Å². The van der Waals surface area contributed by atoms with Crippen molar-refractivity contribution < 1.29 is 17.9 Å². The third-order valence-electron chi connectivity index (χ3n) is 1.40. The molecule has 0 saturated carbocycles. The Kier molecular flexibility index (Phi) is 5.18. The first-order valence-corrected chi connectivity index (χ1v) is 5.05. The second-order valence-electron chi connectivity index (χ2n) is 2.35. The number of nitrogens with zero attached hydrogens (tertiary/aromatic N) is 1. The van der Waals surface area contributed by atoms with E-state index in [-0.39, 0.29) is 34.6 Å². The number of hydrogen-bond donors (Lipinski definition) is 1. The second-order valence-corrected chi connectivity index (χ2v) is 4.14. The van der Waals surface area contributed by atoms with Crippen LogP contribution >= 0.6 is 11.6 Å². The van der Waals surface area contributed by atoms with E-state index in [1.807, 2.05) is 0 Å². The molecule has 0 unspecified atom stereocenters. The summed E-state index contributed by atoms with van der Waals surface area (Å²) in [5.41, 5.74) is -0.456. The molecule has 0 bridgehead atoms. The summed E-state index contributed by atoms with van der Waals surface area (Å²) in [6, 6.07) is 2.76. The van der Waals surface area contributed by atoms with Crippen LogP contribution in [0.4, 0.5) is 5.69 Å². The van der Waals surface area contributed by atoms with Gasteiger partial charge in [0.15, 0.2) is 0 Å². The van der Waals surface area contributed by atoms with Gasteiger partial charge in [-0.3, -0.25) is 14.7 Å². The van der Waals surface area contributed by atoms with Crippen LogP contribution in [0.1, 0.15) is 0 Å². The van der Waals surface area contributed by atoms with Gasteiger partial charge in [-0.2, -0.15) is 8.42 Å². The standard InChI is InChI=1S/C6H4ClNO5S.Na.H/c7-5-2-1-4(8(9)10)3-6(5)14(11,12)13;;/h1-3H,(H,11,12,13);;. The van der Waals surface area contributed by atoms with Crippen LogP contribution in [0.2, 0.25) is 5.02 Å². The van der Waals surface area contributed by atoms with E-state index < -0.39 is 25.6 Å². The molecular weight excluding hydrogens is 257 g/mol. The van der Waals surface area contributed by atoms with Crippen molar-refractivity contribution in [3.63, 3.8) is 0 Å². The maximum absolute atomic E-state index is 10.7. The molecule has 0 aromatic heterocycles. The first kappa shape index (κ1) is 14.8. The summed E-state index contributed by atoms with van der Waals surface area (Å²) < 4.78 is 30.0. The Morgan fingerprint density at radius 3 is 2.33 bits per heavy atom. The van der Waals surface area contributed by atoms with E-state index in [0.29, 0.717) is 6.07 Å². The molecule has 0 radical (unpaired) electrons. The molecule has 0 aliphatic carbocycles. The SMILES string of the molecule is O=[N+]([O-])c1ccc(Cl)c(S(=O)(=O)O)c1.[NaH]. The van der Waals surface area contributed by atoms with Crippen molar-refractivity contribution in [1.29, 1.82) is 0 Å². The Morgan fingerprint density at radius 2 is 1.93 bits per heavy atom. The summed E-state index contributed by atoms with van der Waals surface area (Å²) in [5, 5.41) is 10.0. The van der Waals surface area contributed by atoms with Crippen molar-refractivity contribution in [1.82, 2.24) is 0 Å². The van der Waals surface area contributed by atoms with Gasteiger partial charge in [-0.15, -0.1) is 0 Å². The van der Waals surface area contributed by atoms with Crippen LogP contribution in [0, 0.1) is 10.1 Å². The average molecular weight is 262 g/mol. The number of benzene rings is 1. The van der Waals surface area contributed by atoms with Gasteiger partial charge in [-0.1, -0.05) is 11.6 Å². The number of hydrogen-bond acceptors (Lipinski definition) is 4. The molecule has 0 heterocycles. The van der Waals surface area contributed by atoms with Crippen molar-refractivity contribution in [3.8, 4) is 0 Å². The van der Waals surface area contributed by atoms with E-state index in [0.717, 1.165) is 12.1 Å². The number of nitro benzene ring substituents is 1. The number of nitro groups is 1. The fourth-order valence-corrected chi connectivity index (χ4v) is 1.80. The van der Waals surface area contributed by atoms with E-state index in [2.05, 4.69) is 0 Å². The zero-order valence-electron chi connectivity index (χ0n) is 6.55. The van der Waals surface area contributed by atoms with Crippen LogP contribution in [0.15, 0.2) is 23.1 Å². The van der Waals surface area contributed by atoms with Gasteiger partial charge in [0, 0.05) is 12.1 Å². The molecule has 15 heavy (non-hydrogen) atoms. The Hall–Kier alpha value is -0.180. The predicted octanol–water partition coefficient (Wildman–Crippen LogP) is 0.846. The monoisotopic (exact) mass is 261 g/mol. The van der Waals surface area contributed by atoms with Gasteiger partial charge >= 0.3 is 29.6 Å². The number of rotatable bonds is 2. The molecule has 78 valence electrons. The summed E-state index contributed by atoms with van der Waals surface area (Å²) in [6.07, 6.45) is 0. The Labute approximate surface area is 112 Å². The average Bonchev–Trinajstić information content (AvgIpc) is 2.02. The Morgan fingerprint density at radius 1 is 1.40 bits per heavy atom. The first-order chi connectivity index (χ1) is 6.32. The van der Waals surface area contributed by atoms with Crippen LogP contribution < -0.4 is 0 Å². The molecule has 1 aromatic carbocycles. The first-order valence-electron chi connectivity index (χ1n) is 3.24. The zero-order valence-corrected chi connectivity index (χ0v) is 8.12. The maximum atomic E-state index is 10.7. The van der Waals surface area contributed by atoms with E-state index in [1.54, 1.807) is 0 Å². The van der Waals surface area contributed by atoms with Crippen LogP contribution in [-0.4, -0.2) is 47.5 Å². The van der Waals surface area contributed by atoms with Gasteiger partial charge in [0.2, 0.25) is 0 Å². The topological polar surface area (TPSA) is 97.5 Å². The molecule has 0 aliphatic rings. The normalized spacial score (nSPS) is 10.5. The molecule has 6 nitrogen and oxygen atoms in total. The van der Waals surface area contributed by atoms with Gasteiger partial charge in [0.05, 0.1) is 9.95 Å². The number of non-ortho nitro benzene ring substituents is 1. The van der Waals surface area contributed by atoms with Crippen molar-refractivity contribution in [2.75, 3.05) is 0 Å². The zero-order chi connectivity index (χ0) is 10.9. The van der Waals surface area contributed by atoms with Gasteiger partial charge in [0.1, 0.15) is 4.90 Å². The Bertz CT molecular complexity index is 488. The van der Waals surface area contributed by atoms with Crippen molar-refractivity contribution in [2.24, 2.45) is 0 Å². The van der Waals surface area contributed by atoms with Gasteiger partial charge in [-0.05, 0) is 6.07 Å². The molecule has 0 atom stereocenters. The van der Waals surface area contributed by atoms with Crippen LogP contribution in [0.25, 0.3) is 0 Å². The summed E-state index contributed by atoms with van der Waals surface area (Å²) >= 11 is 5.42. The van der Waals surface area contributed by atoms with Gasteiger partial charge in [-0.25, -0.2) is 0 Å². The molecule has 0 spiro atoms. The summed E-state index contributed by atoms with van der Waals surface area (Å²) in [4.78, 5) is 8.82. The van der Waals surface area contributed by atoms with E-state index in [1.165, 1.54) is 0 Å². The van der Waals surface area contributed by atoms with Crippen LogP contribution in [0.3, 0.4) is 0 Å². The van der Waals surface area contributed by atoms with E-state index >= 15 is 0 Å². The Balaban J connectivity index is 0.00000196. The third-order valence-corrected chi connectivity index (χ3v) is 2.74. The molecular formula is C6H5ClNNaO5S. The van der Waals surface area contributed by atoms with E-state index in [9.17, 15) is 18.5 Å². The van der Waals surface area contributed by atoms with Crippen molar-refractivity contribution >= 4 is 57.0 Å². The minimum absolute atomic E-state index is 0.